The topological polar surface area (TPSA) is 112 Å². The van der Waals surface area contributed by atoms with Gasteiger partial charge < -0.3 is 20.6 Å². The molecule has 1 aliphatic heterocycles. The molecule has 0 bridgehead atoms. The molecule has 4 atom stereocenters. The van der Waals surface area contributed by atoms with Gasteiger partial charge in [-0.05, 0) is 48.6 Å². The summed E-state index contributed by atoms with van der Waals surface area (Å²) in [5.41, 5.74) is 2.14. The van der Waals surface area contributed by atoms with Crippen molar-refractivity contribution in [3.8, 4) is 10.4 Å². The normalized spacial score (nSPS) is 21.7. The summed E-state index contributed by atoms with van der Waals surface area (Å²) in [6, 6.07) is 5.82. The Morgan fingerprint density at radius 1 is 1.18 bits per heavy atom. The molecule has 2 aliphatic rings. The van der Waals surface area contributed by atoms with Gasteiger partial charge >= 0.3 is 0 Å². The Labute approximate surface area is 239 Å². The van der Waals surface area contributed by atoms with Crippen LogP contribution in [-0.2, 0) is 14.4 Å². The zero-order valence-electron chi connectivity index (χ0n) is 24.2. The molecule has 2 aromatic rings. The number of nitrogens with one attached hydrogen (secondary N) is 2. The molecule has 1 aromatic carbocycles. The fraction of sp³-hybridized carbons (Fsp3) is 0.600. The van der Waals surface area contributed by atoms with Gasteiger partial charge in [-0.3, -0.25) is 14.4 Å². The number of aliphatic hydroxyl groups is 1. The average molecular weight is 573 g/mol. The first-order chi connectivity index (χ1) is 18.7. The standard InChI is InChI=1S/C30H41FN4O4S/c1-17(2)13-22(19-7-9-20(10-8-19)24-18(3)32-16-40-24)33-26(37)23-14-21(36)15-35(23)27(38)25(29(4,5)6)34-28(39)30(31)11-12-30/h7-10,16-17,21-23,25,36H,11-15H2,1-6H3,(H,33,37)(H,34,39)/t21-,22?,23+,25?/m1/s1. The van der Waals surface area contributed by atoms with E-state index in [9.17, 15) is 23.9 Å². The quantitative estimate of drug-likeness (QED) is 0.415. The van der Waals surface area contributed by atoms with Crippen LogP contribution in [0.2, 0.25) is 0 Å². The lowest BCUT2D eigenvalue weighted by Crippen LogP contribution is -2.59. The zero-order chi connectivity index (χ0) is 29.4. The Morgan fingerprint density at radius 2 is 1.82 bits per heavy atom. The fourth-order valence-corrected chi connectivity index (χ4v) is 5.99. The molecular weight excluding hydrogens is 531 g/mol. The van der Waals surface area contributed by atoms with Crippen molar-refractivity contribution in [2.24, 2.45) is 11.3 Å². The Morgan fingerprint density at radius 3 is 2.35 bits per heavy atom. The lowest BCUT2D eigenvalue weighted by Gasteiger charge is -2.36. The van der Waals surface area contributed by atoms with Crippen LogP contribution in [0.15, 0.2) is 29.8 Å². The Balaban J connectivity index is 1.53. The molecule has 1 saturated carbocycles. The number of aryl methyl sites for hydroxylation is 1. The van der Waals surface area contributed by atoms with Gasteiger partial charge in [0.1, 0.15) is 12.1 Å². The summed E-state index contributed by atoms with van der Waals surface area (Å²) >= 11 is 1.58. The number of hydrogen-bond donors (Lipinski definition) is 3. The first kappa shape index (κ1) is 30.1. The molecule has 2 fully saturated rings. The second-order valence-electron chi connectivity index (χ2n) is 12.7. The monoisotopic (exact) mass is 572 g/mol. The van der Waals surface area contributed by atoms with Gasteiger partial charge in [0.2, 0.25) is 11.8 Å². The first-order valence-electron chi connectivity index (χ1n) is 14.0. The second kappa shape index (κ2) is 11.6. The van der Waals surface area contributed by atoms with Crippen LogP contribution in [0.4, 0.5) is 4.39 Å². The molecule has 0 spiro atoms. The molecule has 0 radical (unpaired) electrons. The van der Waals surface area contributed by atoms with Gasteiger partial charge in [0.15, 0.2) is 5.67 Å². The van der Waals surface area contributed by atoms with E-state index in [2.05, 4.69) is 29.5 Å². The van der Waals surface area contributed by atoms with Crippen LogP contribution in [-0.4, -0.2) is 63.1 Å². The van der Waals surface area contributed by atoms with Crippen molar-refractivity contribution in [3.05, 3.63) is 41.0 Å². The third-order valence-electron chi connectivity index (χ3n) is 7.69. The fourth-order valence-electron chi connectivity index (χ4n) is 5.18. The number of benzene rings is 1. The van der Waals surface area contributed by atoms with E-state index in [1.807, 2.05) is 36.7 Å². The molecule has 1 aliphatic carbocycles. The molecular formula is C30H41FN4O4S. The molecule has 8 nitrogen and oxygen atoms in total. The van der Waals surface area contributed by atoms with Crippen LogP contribution in [0.3, 0.4) is 0 Å². The lowest BCUT2D eigenvalue weighted by molar-refractivity contribution is -0.145. The predicted molar refractivity (Wildman–Crippen MR) is 153 cm³/mol. The molecule has 1 saturated heterocycles. The van der Waals surface area contributed by atoms with Crippen molar-refractivity contribution in [1.82, 2.24) is 20.5 Å². The number of carbonyl (C=O) groups is 3. The molecule has 2 unspecified atom stereocenters. The van der Waals surface area contributed by atoms with Crippen molar-refractivity contribution >= 4 is 29.1 Å². The van der Waals surface area contributed by atoms with Crippen LogP contribution < -0.4 is 10.6 Å². The summed E-state index contributed by atoms with van der Waals surface area (Å²) in [4.78, 5) is 46.7. The number of aliphatic hydroxyl groups excluding tert-OH is 1. The van der Waals surface area contributed by atoms with Crippen molar-refractivity contribution in [2.45, 2.75) is 97.1 Å². The zero-order valence-corrected chi connectivity index (χ0v) is 25.0. The van der Waals surface area contributed by atoms with Crippen molar-refractivity contribution in [1.29, 1.82) is 0 Å². The van der Waals surface area contributed by atoms with Crippen LogP contribution in [0.25, 0.3) is 10.4 Å². The highest BCUT2D eigenvalue weighted by Crippen LogP contribution is 2.40. The second-order valence-corrected chi connectivity index (χ2v) is 13.6. The van der Waals surface area contributed by atoms with E-state index < -0.39 is 41.1 Å². The number of aromatic nitrogens is 1. The largest absolute Gasteiger partial charge is 0.391 e. The van der Waals surface area contributed by atoms with Crippen LogP contribution in [0.1, 0.15) is 77.6 Å². The minimum atomic E-state index is -1.93. The number of likely N-dealkylation sites (tertiary alicyclic amines) is 1. The van der Waals surface area contributed by atoms with Gasteiger partial charge in [0, 0.05) is 13.0 Å². The molecule has 2 heterocycles. The number of rotatable bonds is 9. The maximum atomic E-state index is 14.4. The SMILES string of the molecule is Cc1ncsc1-c1ccc(C(CC(C)C)NC(=O)[C@@H]2C[C@@H](O)CN2C(=O)C(NC(=O)C2(F)CC2)C(C)(C)C)cc1. The maximum Gasteiger partial charge on any atom is 0.258 e. The van der Waals surface area contributed by atoms with E-state index in [1.54, 1.807) is 32.1 Å². The summed E-state index contributed by atoms with van der Waals surface area (Å²) in [7, 11) is 0. The van der Waals surface area contributed by atoms with Gasteiger partial charge in [-0.15, -0.1) is 11.3 Å². The molecule has 1 aromatic heterocycles. The number of thiazole rings is 1. The van der Waals surface area contributed by atoms with E-state index in [-0.39, 0.29) is 43.7 Å². The molecule has 4 rings (SSSR count). The first-order valence-corrected chi connectivity index (χ1v) is 14.9. The molecule has 3 N–H and O–H groups in total. The third-order valence-corrected chi connectivity index (χ3v) is 8.67. The Bertz CT molecular complexity index is 1240. The van der Waals surface area contributed by atoms with Gasteiger partial charge in [-0.2, -0.15) is 0 Å². The van der Waals surface area contributed by atoms with Gasteiger partial charge in [-0.1, -0.05) is 58.9 Å². The molecule has 40 heavy (non-hydrogen) atoms. The smallest absolute Gasteiger partial charge is 0.258 e. The van der Waals surface area contributed by atoms with Crippen molar-refractivity contribution < 1.29 is 23.9 Å². The minimum absolute atomic E-state index is 0.0299. The van der Waals surface area contributed by atoms with Crippen LogP contribution in [0.5, 0.6) is 0 Å². The maximum absolute atomic E-state index is 14.4. The highest BCUT2D eigenvalue weighted by molar-refractivity contribution is 7.13. The number of carbonyl (C=O) groups excluding carboxylic acids is 3. The molecule has 218 valence electrons. The summed E-state index contributed by atoms with van der Waals surface area (Å²) in [6.07, 6.45) is 0.178. The lowest BCUT2D eigenvalue weighted by atomic mass is 9.85. The van der Waals surface area contributed by atoms with E-state index in [0.29, 0.717) is 6.42 Å². The predicted octanol–water partition coefficient (Wildman–Crippen LogP) is 4.32. The van der Waals surface area contributed by atoms with Crippen molar-refractivity contribution in [2.75, 3.05) is 6.54 Å². The number of halogens is 1. The summed E-state index contributed by atoms with van der Waals surface area (Å²) in [5.74, 6) is -1.36. The summed E-state index contributed by atoms with van der Waals surface area (Å²) in [6.45, 7) is 11.5. The van der Waals surface area contributed by atoms with E-state index >= 15 is 0 Å². The van der Waals surface area contributed by atoms with Gasteiger partial charge in [0.05, 0.1) is 28.2 Å². The molecule has 10 heteroatoms. The third kappa shape index (κ3) is 6.71. The summed E-state index contributed by atoms with van der Waals surface area (Å²) in [5, 5.41) is 16.2. The summed E-state index contributed by atoms with van der Waals surface area (Å²) < 4.78 is 14.4. The van der Waals surface area contributed by atoms with E-state index in [0.717, 1.165) is 21.7 Å². The average Bonchev–Trinajstić information content (AvgIpc) is 3.28. The number of nitrogens with zero attached hydrogens (tertiary/aromatic N) is 2. The Hall–Kier alpha value is -2.85. The number of hydrogen-bond acceptors (Lipinski definition) is 6. The molecule has 3 amide bonds. The van der Waals surface area contributed by atoms with Crippen LogP contribution >= 0.6 is 11.3 Å². The van der Waals surface area contributed by atoms with E-state index in [1.165, 1.54) is 4.90 Å². The van der Waals surface area contributed by atoms with Gasteiger partial charge in [-0.25, -0.2) is 9.37 Å². The number of β-amino-alcohol motifs (C(OH)–C–C–N with tert-alkyl or cyclic N) is 1. The minimum Gasteiger partial charge on any atom is -0.391 e. The highest BCUT2D eigenvalue weighted by atomic mass is 32.1. The number of amides is 3. The highest BCUT2D eigenvalue weighted by Gasteiger charge is 2.53. The Kier molecular flexibility index (Phi) is 8.71. The van der Waals surface area contributed by atoms with Crippen molar-refractivity contribution in [3.63, 3.8) is 0 Å². The number of alkyl halides is 1. The van der Waals surface area contributed by atoms with Crippen LogP contribution in [0, 0.1) is 18.3 Å². The van der Waals surface area contributed by atoms with Gasteiger partial charge in [0.25, 0.3) is 5.91 Å². The van der Waals surface area contributed by atoms with E-state index in [4.69, 9.17) is 0 Å².